The van der Waals surface area contributed by atoms with Crippen LogP contribution in [0.25, 0.3) is 11.3 Å². The van der Waals surface area contributed by atoms with Crippen LogP contribution in [0.2, 0.25) is 0 Å². The maximum Gasteiger partial charge on any atom is 0.244 e. The Kier molecular flexibility index (Phi) is 4.24. The van der Waals surface area contributed by atoms with Crippen LogP contribution < -0.4 is 0 Å². The number of tetrazole rings is 1. The van der Waals surface area contributed by atoms with Gasteiger partial charge in [-0.2, -0.15) is 0 Å². The second-order valence-electron chi connectivity index (χ2n) is 6.23. The average molecular weight is 337 g/mol. The summed E-state index contributed by atoms with van der Waals surface area (Å²) in [7, 11) is 0. The van der Waals surface area contributed by atoms with E-state index in [2.05, 4.69) is 37.6 Å². The number of aromatic nitrogens is 6. The molecule has 0 aliphatic carbocycles. The predicted octanol–water partition coefficient (Wildman–Crippen LogP) is 1.47. The number of rotatable bonds is 4. The zero-order valence-corrected chi connectivity index (χ0v) is 13.7. The summed E-state index contributed by atoms with van der Waals surface area (Å²) in [5.41, 5.74) is 2.12. The van der Waals surface area contributed by atoms with Crippen molar-refractivity contribution in [1.82, 2.24) is 35.1 Å². The van der Waals surface area contributed by atoms with Gasteiger partial charge in [0.2, 0.25) is 5.91 Å². The summed E-state index contributed by atoms with van der Waals surface area (Å²) in [6, 6.07) is 10.1. The molecule has 1 amide bonds. The van der Waals surface area contributed by atoms with Gasteiger partial charge in [0.15, 0.2) is 0 Å². The summed E-state index contributed by atoms with van der Waals surface area (Å²) in [6.07, 6.45) is 5.31. The van der Waals surface area contributed by atoms with Crippen LogP contribution in [0.1, 0.15) is 24.6 Å². The first-order chi connectivity index (χ1) is 12.3. The summed E-state index contributed by atoms with van der Waals surface area (Å²) in [4.78, 5) is 22.3. The van der Waals surface area contributed by atoms with Gasteiger partial charge in [0.1, 0.15) is 18.7 Å². The van der Waals surface area contributed by atoms with Crippen molar-refractivity contribution < 1.29 is 4.79 Å². The molecule has 1 aromatic carbocycles. The first kappa shape index (κ1) is 15.5. The Labute approximate surface area is 144 Å². The SMILES string of the molecule is O=C(Cn1cnnn1)N1CCCC(c2ncc(-c3ccccc3)[nH]2)C1. The van der Waals surface area contributed by atoms with E-state index in [-0.39, 0.29) is 18.4 Å². The van der Waals surface area contributed by atoms with Crippen LogP contribution in [-0.2, 0) is 11.3 Å². The lowest BCUT2D eigenvalue weighted by Gasteiger charge is -2.31. The lowest BCUT2D eigenvalue weighted by atomic mass is 9.97. The molecule has 1 unspecified atom stereocenters. The molecule has 8 heteroatoms. The molecule has 0 spiro atoms. The number of nitrogens with zero attached hydrogens (tertiary/aromatic N) is 6. The molecule has 4 rings (SSSR count). The molecule has 1 aliphatic heterocycles. The number of carbonyl (C=O) groups is 1. The van der Waals surface area contributed by atoms with Gasteiger partial charge in [0, 0.05) is 19.0 Å². The second-order valence-corrected chi connectivity index (χ2v) is 6.23. The third-order valence-corrected chi connectivity index (χ3v) is 4.53. The number of nitrogens with one attached hydrogen (secondary N) is 1. The Bertz CT molecular complexity index is 828. The Hall–Kier alpha value is -3.03. The number of aromatic amines is 1. The van der Waals surface area contributed by atoms with E-state index < -0.39 is 0 Å². The van der Waals surface area contributed by atoms with Gasteiger partial charge in [-0.15, -0.1) is 5.10 Å². The van der Waals surface area contributed by atoms with Crippen LogP contribution in [-0.4, -0.2) is 54.1 Å². The Balaban J connectivity index is 1.44. The fraction of sp³-hybridized carbons (Fsp3) is 0.353. The predicted molar refractivity (Wildman–Crippen MR) is 90.4 cm³/mol. The van der Waals surface area contributed by atoms with Gasteiger partial charge in [-0.05, 0) is 28.8 Å². The number of imidazole rings is 1. The van der Waals surface area contributed by atoms with E-state index in [1.54, 1.807) is 0 Å². The van der Waals surface area contributed by atoms with Crippen molar-refractivity contribution >= 4 is 5.91 Å². The monoisotopic (exact) mass is 337 g/mol. The number of hydrogen-bond acceptors (Lipinski definition) is 5. The molecular weight excluding hydrogens is 318 g/mol. The minimum Gasteiger partial charge on any atom is -0.342 e. The number of likely N-dealkylation sites (tertiary alicyclic amines) is 1. The van der Waals surface area contributed by atoms with Gasteiger partial charge < -0.3 is 9.88 Å². The van der Waals surface area contributed by atoms with Crippen molar-refractivity contribution in [2.24, 2.45) is 0 Å². The quantitative estimate of drug-likeness (QED) is 0.778. The van der Waals surface area contributed by atoms with E-state index in [9.17, 15) is 4.79 Å². The molecule has 1 atom stereocenters. The summed E-state index contributed by atoms with van der Waals surface area (Å²) in [5, 5.41) is 10.9. The molecule has 2 aromatic heterocycles. The van der Waals surface area contributed by atoms with E-state index >= 15 is 0 Å². The normalized spacial score (nSPS) is 17.6. The van der Waals surface area contributed by atoms with E-state index in [1.807, 2.05) is 29.3 Å². The fourth-order valence-electron chi connectivity index (χ4n) is 3.23. The molecule has 25 heavy (non-hydrogen) atoms. The third-order valence-electron chi connectivity index (χ3n) is 4.53. The van der Waals surface area contributed by atoms with Crippen molar-refractivity contribution in [3.8, 4) is 11.3 Å². The number of benzene rings is 1. The molecule has 128 valence electrons. The Morgan fingerprint density at radius 3 is 2.96 bits per heavy atom. The first-order valence-electron chi connectivity index (χ1n) is 8.38. The molecule has 1 saturated heterocycles. The Morgan fingerprint density at radius 1 is 1.28 bits per heavy atom. The Morgan fingerprint density at radius 2 is 2.16 bits per heavy atom. The number of carbonyl (C=O) groups excluding carboxylic acids is 1. The van der Waals surface area contributed by atoms with Gasteiger partial charge in [0.05, 0.1) is 11.9 Å². The maximum atomic E-state index is 12.4. The van der Waals surface area contributed by atoms with E-state index in [0.717, 1.165) is 36.5 Å². The summed E-state index contributed by atoms with van der Waals surface area (Å²) in [6.45, 7) is 1.61. The van der Waals surface area contributed by atoms with Crippen LogP contribution in [0.5, 0.6) is 0 Å². The average Bonchev–Trinajstić information content (AvgIpc) is 3.34. The van der Waals surface area contributed by atoms with Crippen molar-refractivity contribution in [2.45, 2.75) is 25.3 Å². The van der Waals surface area contributed by atoms with Crippen LogP contribution in [0.4, 0.5) is 0 Å². The van der Waals surface area contributed by atoms with Gasteiger partial charge in [0.25, 0.3) is 0 Å². The largest absolute Gasteiger partial charge is 0.342 e. The number of amides is 1. The molecule has 3 heterocycles. The van der Waals surface area contributed by atoms with Crippen LogP contribution in [0.3, 0.4) is 0 Å². The number of piperidine rings is 1. The van der Waals surface area contributed by atoms with Crippen molar-refractivity contribution in [3.05, 3.63) is 48.7 Å². The highest BCUT2D eigenvalue weighted by Crippen LogP contribution is 2.27. The minimum atomic E-state index is 0.0341. The zero-order valence-electron chi connectivity index (χ0n) is 13.7. The van der Waals surface area contributed by atoms with Crippen molar-refractivity contribution in [2.75, 3.05) is 13.1 Å². The number of H-pyrrole nitrogens is 1. The third kappa shape index (κ3) is 3.42. The molecule has 1 aliphatic rings. The molecular formula is C17H19N7O. The highest BCUT2D eigenvalue weighted by molar-refractivity contribution is 5.76. The molecule has 0 saturated carbocycles. The van der Waals surface area contributed by atoms with E-state index in [4.69, 9.17) is 0 Å². The van der Waals surface area contributed by atoms with E-state index in [0.29, 0.717) is 6.54 Å². The highest BCUT2D eigenvalue weighted by atomic mass is 16.2. The van der Waals surface area contributed by atoms with Crippen molar-refractivity contribution in [1.29, 1.82) is 0 Å². The minimum absolute atomic E-state index is 0.0341. The highest BCUT2D eigenvalue weighted by Gasteiger charge is 2.26. The first-order valence-corrected chi connectivity index (χ1v) is 8.38. The molecule has 0 radical (unpaired) electrons. The van der Waals surface area contributed by atoms with Crippen LogP contribution in [0, 0.1) is 0 Å². The summed E-state index contributed by atoms with van der Waals surface area (Å²) >= 11 is 0. The zero-order chi connectivity index (χ0) is 17.1. The molecule has 8 nitrogen and oxygen atoms in total. The van der Waals surface area contributed by atoms with Crippen LogP contribution >= 0.6 is 0 Å². The second kappa shape index (κ2) is 6.84. The molecule has 1 fully saturated rings. The maximum absolute atomic E-state index is 12.4. The van der Waals surface area contributed by atoms with Gasteiger partial charge in [-0.25, -0.2) is 9.67 Å². The molecule has 3 aromatic rings. The van der Waals surface area contributed by atoms with Gasteiger partial charge in [-0.1, -0.05) is 30.3 Å². The summed E-state index contributed by atoms with van der Waals surface area (Å²) < 4.78 is 1.45. The standard InChI is InChI=1S/C17H19N7O/c25-16(11-24-12-19-21-22-24)23-8-4-7-14(10-23)17-18-9-15(20-17)13-5-2-1-3-6-13/h1-3,5-6,9,12,14H,4,7-8,10-11H2,(H,18,20). The topological polar surface area (TPSA) is 92.6 Å². The van der Waals surface area contributed by atoms with E-state index in [1.165, 1.54) is 11.0 Å². The van der Waals surface area contributed by atoms with Crippen molar-refractivity contribution in [3.63, 3.8) is 0 Å². The molecule has 1 N–H and O–H groups in total. The summed E-state index contributed by atoms with van der Waals surface area (Å²) in [5.74, 6) is 1.20. The molecule has 0 bridgehead atoms. The fourth-order valence-corrected chi connectivity index (χ4v) is 3.23. The smallest absolute Gasteiger partial charge is 0.244 e. The van der Waals surface area contributed by atoms with Gasteiger partial charge >= 0.3 is 0 Å². The van der Waals surface area contributed by atoms with Gasteiger partial charge in [-0.3, -0.25) is 4.79 Å². The number of hydrogen-bond donors (Lipinski definition) is 1. The van der Waals surface area contributed by atoms with Crippen LogP contribution in [0.15, 0.2) is 42.9 Å². The lowest BCUT2D eigenvalue weighted by Crippen LogP contribution is -2.41. The lowest BCUT2D eigenvalue weighted by molar-refractivity contribution is -0.133.